The quantitative estimate of drug-likeness (QED) is 0.711. The van der Waals surface area contributed by atoms with Crippen LogP contribution < -0.4 is 10.6 Å². The molecule has 27 heavy (non-hydrogen) atoms. The van der Waals surface area contributed by atoms with Crippen LogP contribution in [0, 0.1) is 0 Å². The Labute approximate surface area is 155 Å². The number of anilines is 2. The fraction of sp³-hybridized carbons (Fsp3) is 0.471. The first-order valence-corrected chi connectivity index (χ1v) is 9.02. The standard InChI is InChI=1S/C17H20N8O2/c18-13-8-19-12(7-20-13)14-15-16(25(10-21-15)11-1-4-27-9-11)23-17(22-14)24-2-5-26-6-3-24/h7-8,10-11H,1-6,9H2,(H2,18,20). The first-order chi connectivity index (χ1) is 13.3. The van der Waals surface area contributed by atoms with Crippen LogP contribution in [-0.4, -0.2) is 69.0 Å². The molecule has 140 valence electrons. The van der Waals surface area contributed by atoms with Gasteiger partial charge in [0.25, 0.3) is 0 Å². The van der Waals surface area contributed by atoms with Crippen molar-refractivity contribution >= 4 is 22.9 Å². The Kier molecular flexibility index (Phi) is 4.06. The van der Waals surface area contributed by atoms with Crippen LogP contribution in [0.15, 0.2) is 18.7 Å². The lowest BCUT2D eigenvalue weighted by Gasteiger charge is -2.27. The van der Waals surface area contributed by atoms with Crippen molar-refractivity contribution in [3.05, 3.63) is 18.7 Å². The Bertz CT molecular complexity index is 945. The smallest absolute Gasteiger partial charge is 0.228 e. The van der Waals surface area contributed by atoms with Crippen LogP contribution in [0.2, 0.25) is 0 Å². The normalized spacial score (nSPS) is 20.4. The maximum atomic E-state index is 5.69. The average molecular weight is 368 g/mol. The van der Waals surface area contributed by atoms with Gasteiger partial charge >= 0.3 is 0 Å². The summed E-state index contributed by atoms with van der Waals surface area (Å²) in [5, 5.41) is 0. The molecular weight excluding hydrogens is 348 g/mol. The van der Waals surface area contributed by atoms with E-state index in [1.165, 1.54) is 6.20 Å². The molecular formula is C17H20N8O2. The molecule has 2 saturated heterocycles. The summed E-state index contributed by atoms with van der Waals surface area (Å²) in [5.41, 5.74) is 8.47. The van der Waals surface area contributed by atoms with Crippen molar-refractivity contribution in [3.8, 4) is 11.4 Å². The van der Waals surface area contributed by atoms with Crippen LogP contribution >= 0.6 is 0 Å². The fourth-order valence-corrected chi connectivity index (χ4v) is 3.46. The van der Waals surface area contributed by atoms with Crippen LogP contribution in [-0.2, 0) is 9.47 Å². The number of fused-ring (bicyclic) bond motifs is 1. The van der Waals surface area contributed by atoms with E-state index in [9.17, 15) is 0 Å². The highest BCUT2D eigenvalue weighted by Crippen LogP contribution is 2.30. The molecule has 3 aromatic rings. The first kappa shape index (κ1) is 16.3. The molecule has 0 aromatic carbocycles. The number of nitrogens with two attached hydrogens (primary N) is 1. The Morgan fingerprint density at radius 1 is 1.00 bits per heavy atom. The lowest BCUT2D eigenvalue weighted by Crippen LogP contribution is -2.37. The van der Waals surface area contributed by atoms with Gasteiger partial charge in [0, 0.05) is 19.7 Å². The van der Waals surface area contributed by atoms with Gasteiger partial charge in [0.2, 0.25) is 5.95 Å². The second-order valence-electron chi connectivity index (χ2n) is 6.64. The molecule has 2 N–H and O–H groups in total. The van der Waals surface area contributed by atoms with Gasteiger partial charge in [0.05, 0.1) is 44.6 Å². The summed E-state index contributed by atoms with van der Waals surface area (Å²) >= 11 is 0. The Hall–Kier alpha value is -2.85. The summed E-state index contributed by atoms with van der Waals surface area (Å²) in [5.74, 6) is 1.02. The summed E-state index contributed by atoms with van der Waals surface area (Å²) in [6.45, 7) is 4.24. The van der Waals surface area contributed by atoms with Crippen molar-refractivity contribution in [1.82, 2.24) is 29.5 Å². The van der Waals surface area contributed by atoms with E-state index in [1.54, 1.807) is 6.20 Å². The van der Waals surface area contributed by atoms with E-state index in [2.05, 4.69) is 24.4 Å². The number of morpholine rings is 1. The van der Waals surface area contributed by atoms with Crippen molar-refractivity contribution in [1.29, 1.82) is 0 Å². The topological polar surface area (TPSA) is 117 Å². The van der Waals surface area contributed by atoms with E-state index in [1.807, 2.05) is 6.33 Å². The minimum atomic E-state index is 0.229. The zero-order chi connectivity index (χ0) is 18.2. The van der Waals surface area contributed by atoms with E-state index < -0.39 is 0 Å². The van der Waals surface area contributed by atoms with Gasteiger partial charge in [0.1, 0.15) is 22.7 Å². The van der Waals surface area contributed by atoms with Gasteiger partial charge in [-0.25, -0.2) is 19.9 Å². The number of rotatable bonds is 3. The maximum absolute atomic E-state index is 5.69. The molecule has 0 spiro atoms. The lowest BCUT2D eigenvalue weighted by atomic mass is 10.2. The second-order valence-corrected chi connectivity index (χ2v) is 6.64. The number of aromatic nitrogens is 6. The van der Waals surface area contributed by atoms with Crippen molar-refractivity contribution in [3.63, 3.8) is 0 Å². The average Bonchev–Trinajstić information content (AvgIpc) is 3.38. The van der Waals surface area contributed by atoms with Crippen LogP contribution in [0.25, 0.3) is 22.6 Å². The van der Waals surface area contributed by atoms with Gasteiger partial charge < -0.3 is 24.7 Å². The van der Waals surface area contributed by atoms with E-state index in [4.69, 9.17) is 25.2 Å². The largest absolute Gasteiger partial charge is 0.382 e. The molecule has 5 heterocycles. The SMILES string of the molecule is Nc1cnc(-c2nc(N3CCOCC3)nc3c2ncn3C2CCOC2)cn1. The lowest BCUT2D eigenvalue weighted by molar-refractivity contribution is 0.122. The molecule has 0 amide bonds. The van der Waals surface area contributed by atoms with Gasteiger partial charge in [-0.3, -0.25) is 0 Å². The Morgan fingerprint density at radius 3 is 2.63 bits per heavy atom. The molecule has 0 bridgehead atoms. The summed E-state index contributed by atoms with van der Waals surface area (Å²) in [4.78, 5) is 24.9. The third kappa shape index (κ3) is 2.96. The number of nitrogen functional groups attached to an aromatic ring is 1. The highest BCUT2D eigenvalue weighted by atomic mass is 16.5. The highest BCUT2D eigenvalue weighted by Gasteiger charge is 2.25. The summed E-state index contributed by atoms with van der Waals surface area (Å²) in [7, 11) is 0. The third-order valence-electron chi connectivity index (χ3n) is 4.92. The molecule has 0 saturated carbocycles. The van der Waals surface area contributed by atoms with Crippen molar-refractivity contribution < 1.29 is 9.47 Å². The molecule has 0 radical (unpaired) electrons. The number of ether oxygens (including phenoxy) is 2. The monoisotopic (exact) mass is 368 g/mol. The van der Waals surface area contributed by atoms with Crippen LogP contribution in [0.3, 0.4) is 0 Å². The molecule has 10 heteroatoms. The minimum absolute atomic E-state index is 0.229. The minimum Gasteiger partial charge on any atom is -0.382 e. The number of hydrogen-bond donors (Lipinski definition) is 1. The molecule has 5 rings (SSSR count). The van der Waals surface area contributed by atoms with Gasteiger partial charge in [0.15, 0.2) is 5.65 Å². The molecule has 1 unspecified atom stereocenters. The van der Waals surface area contributed by atoms with Gasteiger partial charge in [-0.15, -0.1) is 0 Å². The Balaban J connectivity index is 1.67. The van der Waals surface area contributed by atoms with Gasteiger partial charge in [-0.1, -0.05) is 0 Å². The van der Waals surface area contributed by atoms with E-state index in [0.29, 0.717) is 48.5 Å². The van der Waals surface area contributed by atoms with Crippen LogP contribution in [0.5, 0.6) is 0 Å². The highest BCUT2D eigenvalue weighted by molar-refractivity contribution is 5.87. The third-order valence-corrected chi connectivity index (χ3v) is 4.92. The summed E-state index contributed by atoms with van der Waals surface area (Å²) in [6, 6.07) is 0.229. The molecule has 10 nitrogen and oxygen atoms in total. The van der Waals surface area contributed by atoms with Gasteiger partial charge in [-0.2, -0.15) is 4.98 Å². The molecule has 3 aromatic heterocycles. The molecule has 2 fully saturated rings. The number of imidazole rings is 1. The van der Waals surface area contributed by atoms with E-state index in [0.717, 1.165) is 31.8 Å². The molecule has 2 aliphatic heterocycles. The predicted octanol–water partition coefficient (Wildman–Crippen LogP) is 0.663. The fourth-order valence-electron chi connectivity index (χ4n) is 3.46. The van der Waals surface area contributed by atoms with E-state index >= 15 is 0 Å². The maximum Gasteiger partial charge on any atom is 0.228 e. The summed E-state index contributed by atoms with van der Waals surface area (Å²) in [6.07, 6.45) is 5.91. The van der Waals surface area contributed by atoms with Crippen LogP contribution in [0.4, 0.5) is 11.8 Å². The first-order valence-electron chi connectivity index (χ1n) is 9.02. The van der Waals surface area contributed by atoms with E-state index in [-0.39, 0.29) is 6.04 Å². The second kappa shape index (κ2) is 6.71. The molecule has 2 aliphatic rings. The predicted molar refractivity (Wildman–Crippen MR) is 98.3 cm³/mol. The molecule has 1 atom stereocenters. The zero-order valence-electron chi connectivity index (χ0n) is 14.8. The number of nitrogens with zero attached hydrogens (tertiary/aromatic N) is 7. The Morgan fingerprint density at radius 2 is 1.89 bits per heavy atom. The van der Waals surface area contributed by atoms with Crippen LogP contribution in [0.1, 0.15) is 12.5 Å². The van der Waals surface area contributed by atoms with Crippen molar-refractivity contribution in [2.45, 2.75) is 12.5 Å². The molecule has 0 aliphatic carbocycles. The zero-order valence-corrected chi connectivity index (χ0v) is 14.8. The summed E-state index contributed by atoms with van der Waals surface area (Å²) < 4.78 is 13.1. The number of hydrogen-bond acceptors (Lipinski definition) is 9. The van der Waals surface area contributed by atoms with Crippen molar-refractivity contribution in [2.24, 2.45) is 0 Å². The van der Waals surface area contributed by atoms with Crippen molar-refractivity contribution in [2.75, 3.05) is 50.2 Å². The van der Waals surface area contributed by atoms with Gasteiger partial charge in [-0.05, 0) is 6.42 Å².